The number of primary amides is 1. The quantitative estimate of drug-likeness (QED) is 0.358. The van der Waals surface area contributed by atoms with Crippen LogP contribution >= 0.6 is 11.5 Å². The number of aromatic nitrogens is 1. The van der Waals surface area contributed by atoms with Crippen molar-refractivity contribution in [3.8, 4) is 0 Å². The third-order valence-corrected chi connectivity index (χ3v) is 7.31. The number of carbonyl (C=O) groups excluding carboxylic acids is 3. The highest BCUT2D eigenvalue weighted by atomic mass is 32.1. The van der Waals surface area contributed by atoms with Crippen LogP contribution in [-0.4, -0.2) is 42.7 Å². The fraction of sp³-hybridized carbons (Fsp3) is 0.357. The number of nitrogens with zero attached hydrogens (tertiary/aromatic N) is 3. The number of rotatable bonds is 10. The van der Waals surface area contributed by atoms with Gasteiger partial charge in [-0.25, -0.2) is 0 Å². The Hall–Kier alpha value is -3.92. The van der Waals surface area contributed by atoms with E-state index >= 15 is 0 Å². The number of hydrogen-bond donors (Lipinski definition) is 3. The lowest BCUT2D eigenvalue weighted by Crippen LogP contribution is -2.44. The molecule has 0 saturated carbocycles. The number of benzene rings is 2. The number of hydrogen-bond acceptors (Lipinski definition) is 7. The first-order valence-corrected chi connectivity index (χ1v) is 13.2. The predicted octanol–water partition coefficient (Wildman–Crippen LogP) is 4.06. The van der Waals surface area contributed by atoms with Crippen LogP contribution in [0.3, 0.4) is 0 Å². The monoisotopic (exact) mass is 536 g/mol. The van der Waals surface area contributed by atoms with Gasteiger partial charge in [-0.3, -0.25) is 19.3 Å². The second kappa shape index (κ2) is 12.1. The van der Waals surface area contributed by atoms with E-state index in [-0.39, 0.29) is 22.2 Å². The zero-order chi connectivity index (χ0) is 28.1. The third kappa shape index (κ3) is 6.13. The van der Waals surface area contributed by atoms with Gasteiger partial charge in [0.15, 0.2) is 5.69 Å². The van der Waals surface area contributed by atoms with Crippen molar-refractivity contribution in [1.29, 1.82) is 0 Å². The van der Waals surface area contributed by atoms with Crippen LogP contribution < -0.4 is 26.6 Å². The Morgan fingerprint density at radius 1 is 1.05 bits per heavy atom. The molecule has 10 heteroatoms. The molecule has 1 aromatic heterocycles. The van der Waals surface area contributed by atoms with E-state index in [1.807, 2.05) is 69.2 Å². The summed E-state index contributed by atoms with van der Waals surface area (Å²) in [4.78, 5) is 43.3. The molecule has 5 N–H and O–H groups in total. The van der Waals surface area contributed by atoms with Gasteiger partial charge in [0, 0.05) is 32.0 Å². The molecular formula is C28H36N6O3S. The molecule has 3 rings (SSSR count). The second-order valence-corrected chi connectivity index (χ2v) is 10.7. The van der Waals surface area contributed by atoms with Crippen molar-refractivity contribution < 1.29 is 14.4 Å². The van der Waals surface area contributed by atoms with Gasteiger partial charge in [0.25, 0.3) is 11.8 Å². The molecular weight excluding hydrogens is 500 g/mol. The number of amides is 3. The predicted molar refractivity (Wildman–Crippen MR) is 154 cm³/mol. The molecule has 0 aliphatic carbocycles. The molecule has 9 nitrogen and oxygen atoms in total. The van der Waals surface area contributed by atoms with E-state index in [1.165, 1.54) is 4.90 Å². The maximum Gasteiger partial charge on any atom is 0.273 e. The summed E-state index contributed by atoms with van der Waals surface area (Å²) in [5.74, 6) is -1.29. The molecule has 0 saturated heterocycles. The van der Waals surface area contributed by atoms with Crippen LogP contribution in [0.4, 0.5) is 17.1 Å². The normalized spacial score (nSPS) is 11.8. The molecule has 2 aromatic carbocycles. The molecule has 0 radical (unpaired) electrons. The van der Waals surface area contributed by atoms with Gasteiger partial charge in [0.2, 0.25) is 5.91 Å². The zero-order valence-electron chi connectivity index (χ0n) is 22.7. The van der Waals surface area contributed by atoms with Crippen molar-refractivity contribution in [1.82, 2.24) is 9.69 Å². The Morgan fingerprint density at radius 3 is 2.26 bits per heavy atom. The maximum atomic E-state index is 14.2. The average molecular weight is 537 g/mol. The second-order valence-electron chi connectivity index (χ2n) is 9.89. The molecule has 0 aliphatic rings. The maximum absolute atomic E-state index is 14.2. The van der Waals surface area contributed by atoms with E-state index < -0.39 is 17.9 Å². The van der Waals surface area contributed by atoms with Gasteiger partial charge >= 0.3 is 0 Å². The minimum atomic E-state index is -1.01. The molecule has 0 spiro atoms. The summed E-state index contributed by atoms with van der Waals surface area (Å²) in [7, 11) is 3.86. The summed E-state index contributed by atoms with van der Waals surface area (Å²) in [5.41, 5.74) is 15.3. The van der Waals surface area contributed by atoms with Crippen LogP contribution in [0.5, 0.6) is 0 Å². The van der Waals surface area contributed by atoms with Crippen molar-refractivity contribution in [3.63, 3.8) is 0 Å². The van der Waals surface area contributed by atoms with E-state index in [1.54, 1.807) is 6.07 Å². The molecule has 202 valence electrons. The first-order chi connectivity index (χ1) is 17.9. The summed E-state index contributed by atoms with van der Waals surface area (Å²) in [6, 6.07) is 12.1. The summed E-state index contributed by atoms with van der Waals surface area (Å²) in [6.45, 7) is 8.47. The van der Waals surface area contributed by atoms with Gasteiger partial charge in [-0.15, -0.1) is 0 Å². The van der Waals surface area contributed by atoms with Crippen molar-refractivity contribution >= 4 is 46.3 Å². The third-order valence-electron chi connectivity index (χ3n) is 6.46. The SMILES string of the molecule is Cc1cccc(N(C(=O)c2snc(C(N)=O)c2N)[C@@H](C(=O)NCCC(C)C)c2ccc(N(C)C)cc2)c1C. The van der Waals surface area contributed by atoms with E-state index in [9.17, 15) is 14.4 Å². The van der Waals surface area contributed by atoms with E-state index in [0.29, 0.717) is 23.7 Å². The summed E-state index contributed by atoms with van der Waals surface area (Å²) >= 11 is 0.793. The largest absolute Gasteiger partial charge is 0.395 e. The first-order valence-electron chi connectivity index (χ1n) is 12.4. The highest BCUT2D eigenvalue weighted by Gasteiger charge is 2.36. The van der Waals surface area contributed by atoms with Gasteiger partial charge in [0.05, 0.1) is 5.69 Å². The van der Waals surface area contributed by atoms with Crippen molar-refractivity contribution in [2.75, 3.05) is 36.2 Å². The first kappa shape index (κ1) is 28.6. The minimum Gasteiger partial charge on any atom is -0.395 e. The molecule has 3 amide bonds. The fourth-order valence-corrected chi connectivity index (χ4v) is 4.80. The zero-order valence-corrected chi connectivity index (χ0v) is 23.6. The highest BCUT2D eigenvalue weighted by Crippen LogP contribution is 2.36. The number of anilines is 3. The van der Waals surface area contributed by atoms with E-state index in [4.69, 9.17) is 11.5 Å². The highest BCUT2D eigenvalue weighted by molar-refractivity contribution is 7.09. The number of nitrogens with two attached hydrogens (primary N) is 2. The van der Waals surface area contributed by atoms with Crippen LogP contribution in [-0.2, 0) is 4.79 Å². The molecule has 1 atom stereocenters. The van der Waals surface area contributed by atoms with Gasteiger partial charge in [-0.1, -0.05) is 38.1 Å². The molecule has 1 heterocycles. The van der Waals surface area contributed by atoms with Crippen molar-refractivity contribution in [3.05, 3.63) is 69.7 Å². The number of aryl methyl sites for hydroxylation is 1. The smallest absolute Gasteiger partial charge is 0.273 e. The van der Waals surface area contributed by atoms with Crippen LogP contribution in [0, 0.1) is 19.8 Å². The fourth-order valence-electron chi connectivity index (χ4n) is 4.05. The van der Waals surface area contributed by atoms with E-state index in [0.717, 1.165) is 34.8 Å². The summed E-state index contributed by atoms with van der Waals surface area (Å²) < 4.78 is 4.02. The standard InChI is InChI=1S/C28H36N6O3S/c1-16(2)14-15-31-27(36)24(19-10-12-20(13-11-19)33(5)6)34(21-9-7-8-17(3)18(21)4)28(37)25-22(29)23(26(30)35)32-38-25/h7-13,16,24H,14-15,29H2,1-6H3,(H2,30,35)(H,31,36)/t24-/m1/s1. The van der Waals surface area contributed by atoms with Crippen LogP contribution in [0.15, 0.2) is 42.5 Å². The molecule has 0 unspecified atom stereocenters. The number of nitrogens with one attached hydrogen (secondary N) is 1. The van der Waals surface area contributed by atoms with Crippen molar-refractivity contribution in [2.45, 2.75) is 40.2 Å². The Bertz CT molecular complexity index is 1320. The molecule has 3 aromatic rings. The van der Waals surface area contributed by atoms with Gasteiger partial charge < -0.3 is 21.7 Å². The van der Waals surface area contributed by atoms with Gasteiger partial charge in [-0.05, 0) is 72.6 Å². The molecule has 38 heavy (non-hydrogen) atoms. The van der Waals surface area contributed by atoms with Crippen molar-refractivity contribution in [2.24, 2.45) is 11.7 Å². The topological polar surface area (TPSA) is 135 Å². The lowest BCUT2D eigenvalue weighted by Gasteiger charge is -2.33. The van der Waals surface area contributed by atoms with Gasteiger partial charge in [0.1, 0.15) is 10.9 Å². The Labute approximate surface area is 228 Å². The Kier molecular flexibility index (Phi) is 9.11. The number of carbonyl (C=O) groups is 3. The lowest BCUT2D eigenvalue weighted by molar-refractivity contribution is -0.122. The molecule has 0 fully saturated rings. The summed E-state index contributed by atoms with van der Waals surface area (Å²) in [6.07, 6.45) is 0.791. The van der Waals surface area contributed by atoms with Crippen LogP contribution in [0.1, 0.15) is 63.2 Å². The number of nitrogen functional groups attached to an aromatic ring is 1. The molecule has 0 aliphatic heterocycles. The summed E-state index contributed by atoms with van der Waals surface area (Å²) in [5, 5.41) is 3.02. The van der Waals surface area contributed by atoms with Gasteiger partial charge in [-0.2, -0.15) is 4.37 Å². The minimum absolute atomic E-state index is 0.0459. The molecule has 0 bridgehead atoms. The average Bonchev–Trinajstić information content (AvgIpc) is 3.25. The van der Waals surface area contributed by atoms with Crippen LogP contribution in [0.25, 0.3) is 0 Å². The lowest BCUT2D eigenvalue weighted by atomic mass is 9.99. The Morgan fingerprint density at radius 2 is 1.71 bits per heavy atom. The van der Waals surface area contributed by atoms with E-state index in [2.05, 4.69) is 23.5 Å². The van der Waals surface area contributed by atoms with Crippen LogP contribution in [0.2, 0.25) is 0 Å². The Balaban J connectivity index is 2.22.